The molecular weight excluding hydrogens is 255 g/mol. The van der Waals surface area contributed by atoms with Crippen molar-refractivity contribution in [3.05, 3.63) is 29.8 Å². The second kappa shape index (κ2) is 5.59. The Hall–Kier alpha value is -1.93. The molecule has 1 aromatic heterocycles. The fourth-order valence-electron chi connectivity index (χ4n) is 2.84. The van der Waals surface area contributed by atoms with E-state index in [-0.39, 0.29) is 12.4 Å². The lowest BCUT2D eigenvalue weighted by Gasteiger charge is -2.26. The molecule has 1 aromatic carbocycles. The van der Waals surface area contributed by atoms with Gasteiger partial charge in [0.1, 0.15) is 18.2 Å². The van der Waals surface area contributed by atoms with E-state index >= 15 is 0 Å². The molecule has 2 aromatic rings. The number of rotatable bonds is 3. The van der Waals surface area contributed by atoms with Crippen LogP contribution in [0.1, 0.15) is 25.1 Å². The van der Waals surface area contributed by atoms with E-state index in [0.29, 0.717) is 5.52 Å². The highest BCUT2D eigenvalue weighted by molar-refractivity contribution is 5.76. The average Bonchev–Trinajstić information content (AvgIpc) is 2.77. The van der Waals surface area contributed by atoms with Crippen LogP contribution in [0.25, 0.3) is 11.0 Å². The average molecular weight is 272 g/mol. The number of aromatic nitrogens is 2. The molecule has 1 aliphatic rings. The van der Waals surface area contributed by atoms with Gasteiger partial charge in [0.25, 0.3) is 0 Å². The van der Waals surface area contributed by atoms with Gasteiger partial charge in [0.15, 0.2) is 0 Å². The number of hydrogen-bond acceptors (Lipinski definition) is 3. The molecule has 0 bridgehead atoms. The zero-order valence-electron chi connectivity index (χ0n) is 11.3. The lowest BCUT2D eigenvalue weighted by molar-refractivity contribution is 0.214. The number of nitrogens with zero attached hydrogens (tertiary/aromatic N) is 4. The molecule has 1 aliphatic heterocycles. The highest BCUT2D eigenvalue weighted by atomic mass is 19.1. The molecule has 0 unspecified atom stereocenters. The summed E-state index contributed by atoms with van der Waals surface area (Å²) in [6, 6.07) is 6.72. The number of benzene rings is 1. The summed E-state index contributed by atoms with van der Waals surface area (Å²) in [6.07, 6.45) is 3.72. The van der Waals surface area contributed by atoms with Gasteiger partial charge in [-0.1, -0.05) is 6.42 Å². The van der Waals surface area contributed by atoms with E-state index in [2.05, 4.69) is 16.0 Å². The smallest absolute Gasteiger partial charge is 0.125 e. The molecule has 1 fully saturated rings. The number of imidazole rings is 1. The Bertz CT molecular complexity index is 650. The van der Waals surface area contributed by atoms with Crippen molar-refractivity contribution in [2.75, 3.05) is 13.1 Å². The predicted molar refractivity (Wildman–Crippen MR) is 74.4 cm³/mol. The fourth-order valence-corrected chi connectivity index (χ4v) is 2.84. The quantitative estimate of drug-likeness (QED) is 0.863. The van der Waals surface area contributed by atoms with Gasteiger partial charge in [-0.15, -0.1) is 0 Å². The molecule has 20 heavy (non-hydrogen) atoms. The molecule has 0 radical (unpaired) electrons. The minimum absolute atomic E-state index is 0.255. The Morgan fingerprint density at radius 3 is 2.80 bits per heavy atom. The normalized spacial score (nSPS) is 16.4. The van der Waals surface area contributed by atoms with E-state index in [1.54, 1.807) is 6.07 Å². The molecule has 0 amide bonds. The van der Waals surface area contributed by atoms with E-state index in [0.717, 1.165) is 31.0 Å². The first kappa shape index (κ1) is 13.1. The van der Waals surface area contributed by atoms with Crippen molar-refractivity contribution in [2.24, 2.45) is 0 Å². The molecule has 0 N–H and O–H groups in total. The first-order valence-corrected chi connectivity index (χ1v) is 7.02. The third-order valence-corrected chi connectivity index (χ3v) is 3.83. The second-order valence-electron chi connectivity index (χ2n) is 5.24. The fraction of sp³-hybridized carbons (Fsp3) is 0.467. The highest BCUT2D eigenvalue weighted by Crippen LogP contribution is 2.20. The standard InChI is InChI=1S/C15H17FN4/c16-12-4-5-14-13(10-12)18-15(20(14)9-6-17)11-19-7-2-1-3-8-19/h4-5,10H,1-3,7-9,11H2. The van der Waals surface area contributed by atoms with Crippen molar-refractivity contribution >= 4 is 11.0 Å². The van der Waals surface area contributed by atoms with Crippen molar-refractivity contribution in [2.45, 2.75) is 32.4 Å². The summed E-state index contributed by atoms with van der Waals surface area (Å²) in [7, 11) is 0. The van der Waals surface area contributed by atoms with Gasteiger partial charge in [0, 0.05) is 6.07 Å². The molecule has 0 aliphatic carbocycles. The summed E-state index contributed by atoms with van der Waals surface area (Å²) >= 11 is 0. The van der Waals surface area contributed by atoms with Crippen LogP contribution in [0.3, 0.4) is 0 Å². The number of nitriles is 1. The molecule has 104 valence electrons. The zero-order chi connectivity index (χ0) is 13.9. The van der Waals surface area contributed by atoms with E-state index in [9.17, 15) is 4.39 Å². The lowest BCUT2D eigenvalue weighted by atomic mass is 10.1. The van der Waals surface area contributed by atoms with Crippen LogP contribution in [-0.4, -0.2) is 27.5 Å². The number of fused-ring (bicyclic) bond motifs is 1. The van der Waals surface area contributed by atoms with Crippen molar-refractivity contribution in [3.63, 3.8) is 0 Å². The second-order valence-corrected chi connectivity index (χ2v) is 5.24. The molecule has 0 spiro atoms. The predicted octanol–water partition coefficient (Wildman–Crippen LogP) is 2.68. The van der Waals surface area contributed by atoms with Crippen LogP contribution in [0.15, 0.2) is 18.2 Å². The summed E-state index contributed by atoms with van der Waals surface area (Å²) in [5.74, 6) is 0.567. The molecule has 0 saturated carbocycles. The Labute approximate surface area is 117 Å². The van der Waals surface area contributed by atoms with Crippen LogP contribution < -0.4 is 0 Å². The van der Waals surface area contributed by atoms with E-state index < -0.39 is 0 Å². The summed E-state index contributed by atoms with van der Waals surface area (Å²) in [5.41, 5.74) is 1.47. The highest BCUT2D eigenvalue weighted by Gasteiger charge is 2.16. The van der Waals surface area contributed by atoms with Gasteiger partial charge in [-0.05, 0) is 38.1 Å². The number of halogens is 1. The van der Waals surface area contributed by atoms with Crippen molar-refractivity contribution in [1.29, 1.82) is 5.26 Å². The van der Waals surface area contributed by atoms with Gasteiger partial charge in [0.05, 0.1) is 23.6 Å². The summed E-state index contributed by atoms with van der Waals surface area (Å²) in [5, 5.41) is 9.00. The third kappa shape index (κ3) is 2.52. The zero-order valence-corrected chi connectivity index (χ0v) is 11.3. The van der Waals surface area contributed by atoms with Crippen molar-refractivity contribution in [1.82, 2.24) is 14.5 Å². The van der Waals surface area contributed by atoms with Gasteiger partial charge in [0.2, 0.25) is 0 Å². The largest absolute Gasteiger partial charge is 0.313 e. The van der Waals surface area contributed by atoms with Crippen molar-refractivity contribution < 1.29 is 4.39 Å². The van der Waals surface area contributed by atoms with Gasteiger partial charge in [-0.25, -0.2) is 9.37 Å². The maximum Gasteiger partial charge on any atom is 0.125 e. The summed E-state index contributed by atoms with van der Waals surface area (Å²) in [6.45, 7) is 3.14. The van der Waals surface area contributed by atoms with E-state index in [4.69, 9.17) is 5.26 Å². The number of likely N-dealkylation sites (tertiary alicyclic amines) is 1. The Balaban J connectivity index is 1.95. The summed E-state index contributed by atoms with van der Waals surface area (Å²) < 4.78 is 15.2. The van der Waals surface area contributed by atoms with Gasteiger partial charge >= 0.3 is 0 Å². The van der Waals surface area contributed by atoms with Gasteiger partial charge in [-0.2, -0.15) is 5.26 Å². The maximum absolute atomic E-state index is 13.3. The minimum atomic E-state index is -0.288. The summed E-state index contributed by atoms with van der Waals surface area (Å²) in [4.78, 5) is 6.87. The van der Waals surface area contributed by atoms with Crippen LogP contribution in [-0.2, 0) is 13.1 Å². The lowest BCUT2D eigenvalue weighted by Crippen LogP contribution is -2.30. The van der Waals surface area contributed by atoms with E-state index in [1.807, 2.05) is 4.57 Å². The Kier molecular flexibility index (Phi) is 3.66. The SMILES string of the molecule is N#CCn1c(CN2CCCCC2)nc2cc(F)ccc21. The molecular formula is C15H17FN4. The monoisotopic (exact) mass is 272 g/mol. The van der Waals surface area contributed by atoms with Crippen molar-refractivity contribution in [3.8, 4) is 6.07 Å². The third-order valence-electron chi connectivity index (χ3n) is 3.83. The first-order chi connectivity index (χ1) is 9.78. The molecule has 0 atom stereocenters. The topological polar surface area (TPSA) is 44.9 Å². The molecule has 3 rings (SSSR count). The van der Waals surface area contributed by atoms with Gasteiger partial charge in [-0.3, -0.25) is 4.90 Å². The van der Waals surface area contributed by atoms with Gasteiger partial charge < -0.3 is 4.57 Å². The number of piperidine rings is 1. The Morgan fingerprint density at radius 1 is 1.25 bits per heavy atom. The molecule has 1 saturated heterocycles. The maximum atomic E-state index is 13.3. The first-order valence-electron chi connectivity index (χ1n) is 7.02. The van der Waals surface area contributed by atoms with Crippen LogP contribution in [0, 0.1) is 17.1 Å². The molecule has 4 nitrogen and oxygen atoms in total. The van der Waals surface area contributed by atoms with Crippen LogP contribution in [0.2, 0.25) is 0 Å². The van der Waals surface area contributed by atoms with Crippen LogP contribution in [0.5, 0.6) is 0 Å². The van der Waals surface area contributed by atoms with E-state index in [1.165, 1.54) is 31.4 Å². The molecule has 5 heteroatoms. The molecule has 2 heterocycles. The number of hydrogen-bond donors (Lipinski definition) is 0. The van der Waals surface area contributed by atoms with Crippen LogP contribution in [0.4, 0.5) is 4.39 Å². The minimum Gasteiger partial charge on any atom is -0.313 e. The Morgan fingerprint density at radius 2 is 2.05 bits per heavy atom. The van der Waals surface area contributed by atoms with Crippen LogP contribution >= 0.6 is 0 Å².